The predicted octanol–water partition coefficient (Wildman–Crippen LogP) is 14.4. The Morgan fingerprint density at radius 3 is 0.842 bits per heavy atom. The summed E-state index contributed by atoms with van der Waals surface area (Å²) in [7, 11) is 0. The normalized spacial score (nSPS) is 13.9. The Hall–Kier alpha value is -0.690. The molecule has 342 valence electrons. The quantitative estimate of drug-likeness (QED) is 0.0393. The minimum atomic E-state index is -1.25. The molecule has 5 N–H and O–H groups in total. The zero-order valence-electron chi connectivity index (χ0n) is 38.6. The van der Waals surface area contributed by atoms with Crippen molar-refractivity contribution in [2.45, 2.75) is 314 Å². The van der Waals surface area contributed by atoms with Crippen molar-refractivity contribution in [2.75, 3.05) is 6.61 Å². The van der Waals surface area contributed by atoms with Gasteiger partial charge in [-0.15, -0.1) is 0 Å². The SMILES string of the molecule is CCCCCCCCCCCCCCCCCCCCCCCC(O)C(O)C(CO)NC(=O)C(O)CCCCCCCCCCCCCCCCCCCCCC. The summed E-state index contributed by atoms with van der Waals surface area (Å²) in [5.74, 6) is -0.577. The molecule has 6 heteroatoms. The Balaban J connectivity index is 3.63. The molecule has 0 bridgehead atoms. The van der Waals surface area contributed by atoms with Crippen molar-refractivity contribution in [1.82, 2.24) is 5.32 Å². The first-order valence-electron chi connectivity index (χ1n) is 25.9. The number of aliphatic hydroxyl groups is 4. The van der Waals surface area contributed by atoms with Crippen LogP contribution < -0.4 is 5.32 Å². The Labute approximate surface area is 356 Å². The number of unbranched alkanes of at least 4 members (excludes halogenated alkanes) is 39. The van der Waals surface area contributed by atoms with E-state index < -0.39 is 36.9 Å². The number of carbonyl (C=O) groups excluding carboxylic acids is 1. The van der Waals surface area contributed by atoms with Gasteiger partial charge in [0.2, 0.25) is 5.91 Å². The molecule has 0 saturated carbocycles. The summed E-state index contributed by atoms with van der Waals surface area (Å²) < 4.78 is 0. The molecule has 0 fully saturated rings. The fourth-order valence-corrected chi connectivity index (χ4v) is 8.47. The van der Waals surface area contributed by atoms with Gasteiger partial charge in [0.25, 0.3) is 0 Å². The van der Waals surface area contributed by atoms with Crippen molar-refractivity contribution in [3.8, 4) is 0 Å². The lowest BCUT2D eigenvalue weighted by Gasteiger charge is -2.27. The highest BCUT2D eigenvalue weighted by atomic mass is 16.3. The highest BCUT2D eigenvalue weighted by molar-refractivity contribution is 5.80. The third-order valence-corrected chi connectivity index (χ3v) is 12.6. The number of amides is 1. The van der Waals surface area contributed by atoms with E-state index in [2.05, 4.69) is 19.2 Å². The fraction of sp³-hybridized carbons (Fsp3) is 0.980. The summed E-state index contributed by atoms with van der Waals surface area (Å²) in [5, 5.41) is 43.9. The van der Waals surface area contributed by atoms with Crippen molar-refractivity contribution in [2.24, 2.45) is 0 Å². The third kappa shape index (κ3) is 40.5. The monoisotopic (exact) mass is 810 g/mol. The van der Waals surface area contributed by atoms with Crippen LogP contribution in [0.4, 0.5) is 0 Å². The van der Waals surface area contributed by atoms with Crippen LogP contribution in [-0.4, -0.2) is 57.3 Å². The first kappa shape index (κ1) is 56.3. The van der Waals surface area contributed by atoms with Gasteiger partial charge < -0.3 is 25.7 Å². The van der Waals surface area contributed by atoms with Crippen LogP contribution in [0.2, 0.25) is 0 Å². The second-order valence-electron chi connectivity index (χ2n) is 18.2. The summed E-state index contributed by atoms with van der Waals surface area (Å²) >= 11 is 0. The number of aliphatic hydroxyl groups excluding tert-OH is 4. The molecule has 0 aromatic heterocycles. The number of rotatable bonds is 48. The minimum Gasteiger partial charge on any atom is -0.394 e. The third-order valence-electron chi connectivity index (χ3n) is 12.6. The lowest BCUT2D eigenvalue weighted by molar-refractivity contribution is -0.132. The zero-order valence-corrected chi connectivity index (χ0v) is 38.6. The Morgan fingerprint density at radius 1 is 0.368 bits per heavy atom. The number of hydrogen-bond acceptors (Lipinski definition) is 5. The molecule has 0 rings (SSSR count). The topological polar surface area (TPSA) is 110 Å². The average molecular weight is 810 g/mol. The van der Waals surface area contributed by atoms with Gasteiger partial charge in [0.05, 0.1) is 18.8 Å². The summed E-state index contributed by atoms with van der Waals surface area (Å²) in [6, 6.07) is -0.980. The van der Waals surface area contributed by atoms with E-state index in [4.69, 9.17) is 0 Å². The van der Waals surface area contributed by atoms with Crippen molar-refractivity contribution in [3.63, 3.8) is 0 Å². The van der Waals surface area contributed by atoms with E-state index in [0.29, 0.717) is 12.8 Å². The molecule has 0 heterocycles. The van der Waals surface area contributed by atoms with Gasteiger partial charge in [-0.2, -0.15) is 0 Å². The lowest BCUT2D eigenvalue weighted by atomic mass is 9.99. The van der Waals surface area contributed by atoms with Crippen molar-refractivity contribution in [1.29, 1.82) is 0 Å². The van der Waals surface area contributed by atoms with Gasteiger partial charge in [0.1, 0.15) is 12.2 Å². The summed E-state index contributed by atoms with van der Waals surface area (Å²) in [5.41, 5.74) is 0. The van der Waals surface area contributed by atoms with Gasteiger partial charge in [-0.3, -0.25) is 4.79 Å². The van der Waals surface area contributed by atoms with Crippen molar-refractivity contribution < 1.29 is 25.2 Å². The van der Waals surface area contributed by atoms with Gasteiger partial charge in [0, 0.05) is 0 Å². The van der Waals surface area contributed by atoms with E-state index in [-0.39, 0.29) is 0 Å². The molecule has 4 unspecified atom stereocenters. The molecule has 0 aromatic rings. The summed E-state index contributed by atoms with van der Waals surface area (Å²) in [6.07, 6.45) is 51.5. The predicted molar refractivity (Wildman–Crippen MR) is 247 cm³/mol. The summed E-state index contributed by atoms with van der Waals surface area (Å²) in [4.78, 5) is 12.6. The maximum Gasteiger partial charge on any atom is 0.249 e. The van der Waals surface area contributed by atoms with Crippen LogP contribution in [0.25, 0.3) is 0 Å². The average Bonchev–Trinajstić information content (AvgIpc) is 3.22. The van der Waals surface area contributed by atoms with Crippen LogP contribution >= 0.6 is 0 Å². The molecule has 0 spiro atoms. The molecule has 0 saturated heterocycles. The van der Waals surface area contributed by atoms with Crippen LogP contribution in [0.1, 0.15) is 290 Å². The molecule has 4 atom stereocenters. The van der Waals surface area contributed by atoms with E-state index in [1.54, 1.807) is 0 Å². The Bertz CT molecular complexity index is 781. The molecule has 6 nitrogen and oxygen atoms in total. The highest BCUT2D eigenvalue weighted by Crippen LogP contribution is 2.18. The van der Waals surface area contributed by atoms with Crippen LogP contribution in [-0.2, 0) is 4.79 Å². The van der Waals surface area contributed by atoms with E-state index >= 15 is 0 Å². The first-order chi connectivity index (χ1) is 28.0. The van der Waals surface area contributed by atoms with Gasteiger partial charge in [-0.25, -0.2) is 0 Å². The maximum atomic E-state index is 12.6. The second kappa shape index (κ2) is 46.4. The molecule has 0 aromatic carbocycles. The maximum absolute atomic E-state index is 12.6. The second-order valence-corrected chi connectivity index (χ2v) is 18.2. The number of nitrogens with one attached hydrogen (secondary N) is 1. The fourth-order valence-electron chi connectivity index (χ4n) is 8.47. The highest BCUT2D eigenvalue weighted by Gasteiger charge is 2.28. The van der Waals surface area contributed by atoms with Crippen LogP contribution in [0, 0.1) is 0 Å². The first-order valence-corrected chi connectivity index (χ1v) is 25.9. The zero-order chi connectivity index (χ0) is 41.7. The van der Waals surface area contributed by atoms with Crippen LogP contribution in [0.3, 0.4) is 0 Å². The molecular formula is C51H103NO5. The Morgan fingerprint density at radius 2 is 0.596 bits per heavy atom. The summed E-state index contributed by atoms with van der Waals surface area (Å²) in [6.45, 7) is 4.09. The van der Waals surface area contributed by atoms with E-state index in [0.717, 1.165) is 38.5 Å². The standard InChI is InChI=1S/C51H103NO5/c1-3-5-7-9-11-13-15-17-19-21-23-25-27-28-30-32-34-36-38-40-42-44-48(54)50(56)47(46-53)52-51(57)49(55)45-43-41-39-37-35-33-31-29-26-24-22-20-18-16-14-12-10-8-6-4-2/h47-50,53-56H,3-46H2,1-2H3,(H,52,57). The molecule has 0 radical (unpaired) electrons. The smallest absolute Gasteiger partial charge is 0.249 e. The van der Waals surface area contributed by atoms with E-state index in [1.165, 1.54) is 225 Å². The van der Waals surface area contributed by atoms with Crippen LogP contribution in [0.5, 0.6) is 0 Å². The van der Waals surface area contributed by atoms with Gasteiger partial charge in [-0.05, 0) is 12.8 Å². The van der Waals surface area contributed by atoms with E-state index in [1.807, 2.05) is 0 Å². The molecule has 0 aliphatic rings. The molecule has 1 amide bonds. The van der Waals surface area contributed by atoms with Crippen LogP contribution in [0.15, 0.2) is 0 Å². The number of hydrogen-bond donors (Lipinski definition) is 5. The van der Waals surface area contributed by atoms with Gasteiger partial charge >= 0.3 is 0 Å². The van der Waals surface area contributed by atoms with Gasteiger partial charge in [0.15, 0.2) is 0 Å². The molecule has 0 aliphatic heterocycles. The van der Waals surface area contributed by atoms with Crippen molar-refractivity contribution >= 4 is 5.91 Å². The molecule has 57 heavy (non-hydrogen) atoms. The van der Waals surface area contributed by atoms with E-state index in [9.17, 15) is 25.2 Å². The Kier molecular flexibility index (Phi) is 45.8. The van der Waals surface area contributed by atoms with Crippen molar-refractivity contribution in [3.05, 3.63) is 0 Å². The largest absolute Gasteiger partial charge is 0.394 e. The molecular weight excluding hydrogens is 707 g/mol. The molecule has 0 aliphatic carbocycles. The van der Waals surface area contributed by atoms with Gasteiger partial charge in [-0.1, -0.05) is 277 Å². The number of carbonyl (C=O) groups is 1. The lowest BCUT2D eigenvalue weighted by Crippen LogP contribution is -2.53. The minimum absolute atomic E-state index is 0.376.